The Morgan fingerprint density at radius 3 is 2.58 bits per heavy atom. The van der Waals surface area contributed by atoms with E-state index >= 15 is 0 Å². The van der Waals surface area contributed by atoms with Gasteiger partial charge in [-0.2, -0.15) is 0 Å². The number of allylic oxidation sites excluding steroid dienone is 3. The normalized spacial score (nSPS) is 13.8. The first-order valence-corrected chi connectivity index (χ1v) is 8.66. The Morgan fingerprint density at radius 2 is 1.96 bits per heavy atom. The van der Waals surface area contributed by atoms with E-state index in [0.717, 1.165) is 5.56 Å². The van der Waals surface area contributed by atoms with Crippen molar-refractivity contribution in [3.8, 4) is 5.75 Å². The van der Waals surface area contributed by atoms with Crippen LogP contribution in [0, 0.1) is 0 Å². The molecule has 0 radical (unpaired) electrons. The highest BCUT2D eigenvalue weighted by Gasteiger charge is 2.19. The summed E-state index contributed by atoms with van der Waals surface area (Å²) in [5.74, 6) is 0.272. The van der Waals surface area contributed by atoms with E-state index in [-0.39, 0.29) is 25.3 Å². The molecule has 0 aliphatic heterocycles. The number of carbonyl (C=O) groups excluding carboxylic acids is 1. The molecule has 0 fully saturated rings. The molecule has 0 unspecified atom stereocenters. The maximum atomic E-state index is 11.1. The molecule has 0 bridgehead atoms. The van der Waals surface area contributed by atoms with Crippen molar-refractivity contribution in [1.82, 2.24) is 0 Å². The minimum Gasteiger partial charge on any atom is -0.491 e. The predicted octanol–water partition coefficient (Wildman–Crippen LogP) is 2.56. The molecular formula is C20H28O6. The Kier molecular flexibility index (Phi) is 11.0. The first kappa shape index (κ1) is 21.9. The summed E-state index contributed by atoms with van der Waals surface area (Å²) in [5.41, 5.74) is 0.736. The van der Waals surface area contributed by atoms with Gasteiger partial charge < -0.3 is 24.4 Å². The van der Waals surface area contributed by atoms with Gasteiger partial charge >= 0.3 is 5.97 Å². The van der Waals surface area contributed by atoms with E-state index in [1.807, 2.05) is 6.08 Å². The minimum atomic E-state index is -0.754. The molecule has 144 valence electrons. The lowest BCUT2D eigenvalue weighted by Gasteiger charge is -2.21. The van der Waals surface area contributed by atoms with E-state index in [2.05, 4.69) is 0 Å². The SMILES string of the molecule is CCOC(=O)/C=C/C=C/CC[C@@H](OC)[C@H](O)c1ccc(OCCO)cc1. The van der Waals surface area contributed by atoms with Crippen molar-refractivity contribution in [2.24, 2.45) is 0 Å². The molecule has 0 aliphatic carbocycles. The fourth-order valence-electron chi connectivity index (χ4n) is 2.30. The molecule has 0 amide bonds. The van der Waals surface area contributed by atoms with Gasteiger partial charge in [0.15, 0.2) is 0 Å². The van der Waals surface area contributed by atoms with Gasteiger partial charge in [-0.25, -0.2) is 4.79 Å². The Bertz CT molecular complexity index is 564. The number of aliphatic hydroxyl groups excluding tert-OH is 2. The zero-order valence-electron chi connectivity index (χ0n) is 15.3. The van der Waals surface area contributed by atoms with Crippen LogP contribution in [0.1, 0.15) is 31.4 Å². The van der Waals surface area contributed by atoms with Crippen LogP contribution < -0.4 is 4.74 Å². The van der Waals surface area contributed by atoms with Crippen molar-refractivity contribution in [2.45, 2.75) is 32.0 Å². The predicted molar refractivity (Wildman–Crippen MR) is 98.9 cm³/mol. The number of esters is 1. The van der Waals surface area contributed by atoms with Gasteiger partial charge in [-0.15, -0.1) is 0 Å². The third-order valence-corrected chi connectivity index (χ3v) is 3.62. The van der Waals surface area contributed by atoms with Crippen molar-refractivity contribution >= 4 is 5.97 Å². The molecule has 0 aromatic heterocycles. The molecule has 0 aliphatic rings. The molecule has 1 aromatic carbocycles. The summed E-state index contributed by atoms with van der Waals surface area (Å²) in [4.78, 5) is 11.1. The number of rotatable bonds is 12. The molecule has 1 aromatic rings. The third-order valence-electron chi connectivity index (χ3n) is 3.62. The molecule has 26 heavy (non-hydrogen) atoms. The van der Waals surface area contributed by atoms with E-state index in [1.165, 1.54) is 6.08 Å². The van der Waals surface area contributed by atoms with E-state index in [4.69, 9.17) is 19.3 Å². The highest BCUT2D eigenvalue weighted by molar-refractivity contribution is 5.82. The Morgan fingerprint density at radius 1 is 1.23 bits per heavy atom. The zero-order chi connectivity index (χ0) is 19.2. The van der Waals surface area contributed by atoms with Crippen molar-refractivity contribution in [1.29, 1.82) is 0 Å². The summed E-state index contributed by atoms with van der Waals surface area (Å²) in [6.07, 6.45) is 6.88. The molecule has 0 saturated carbocycles. The molecule has 0 saturated heterocycles. The second kappa shape index (κ2) is 13.1. The molecule has 6 nitrogen and oxygen atoms in total. The van der Waals surface area contributed by atoms with Gasteiger partial charge in [0.25, 0.3) is 0 Å². The topological polar surface area (TPSA) is 85.2 Å². The summed E-state index contributed by atoms with van der Waals surface area (Å²) in [6.45, 7) is 2.31. The van der Waals surface area contributed by atoms with Gasteiger partial charge in [0.05, 0.1) is 19.3 Å². The average Bonchev–Trinajstić information content (AvgIpc) is 2.66. The standard InChI is InChI=1S/C20H28O6/c1-3-25-19(22)9-7-5-4-6-8-18(24-2)20(23)16-10-12-17(13-11-16)26-15-14-21/h4-5,7,9-13,18,20-21,23H,3,6,8,14-15H2,1-2H3/b5-4+,9-7+/t18-,20-/m1/s1. The largest absolute Gasteiger partial charge is 0.491 e. The summed E-state index contributed by atoms with van der Waals surface area (Å²) >= 11 is 0. The number of carbonyl (C=O) groups is 1. The van der Waals surface area contributed by atoms with Crippen LogP contribution in [0.5, 0.6) is 5.75 Å². The first-order chi connectivity index (χ1) is 12.6. The number of methoxy groups -OCH3 is 1. The number of benzene rings is 1. The van der Waals surface area contributed by atoms with E-state index in [1.54, 1.807) is 50.5 Å². The summed E-state index contributed by atoms with van der Waals surface area (Å²) < 4.78 is 15.5. The second-order valence-corrected chi connectivity index (χ2v) is 5.48. The van der Waals surface area contributed by atoms with E-state index < -0.39 is 6.10 Å². The Balaban J connectivity index is 2.48. The van der Waals surface area contributed by atoms with Gasteiger partial charge in [-0.1, -0.05) is 30.4 Å². The van der Waals surface area contributed by atoms with Crippen LogP contribution in [0.2, 0.25) is 0 Å². The quantitative estimate of drug-likeness (QED) is 0.337. The van der Waals surface area contributed by atoms with Gasteiger partial charge in [-0.05, 0) is 37.5 Å². The van der Waals surface area contributed by atoms with Gasteiger partial charge in [0.2, 0.25) is 0 Å². The highest BCUT2D eigenvalue weighted by Crippen LogP contribution is 2.24. The van der Waals surface area contributed by atoms with Crippen LogP contribution in [0.3, 0.4) is 0 Å². The molecule has 1 rings (SSSR count). The lowest BCUT2D eigenvalue weighted by Crippen LogP contribution is -2.20. The average molecular weight is 364 g/mol. The maximum absolute atomic E-state index is 11.1. The van der Waals surface area contributed by atoms with E-state index in [9.17, 15) is 9.90 Å². The van der Waals surface area contributed by atoms with Crippen molar-refractivity contribution < 1.29 is 29.2 Å². The molecular weight excluding hydrogens is 336 g/mol. The fourth-order valence-corrected chi connectivity index (χ4v) is 2.30. The molecule has 2 N–H and O–H groups in total. The van der Waals surface area contributed by atoms with Crippen LogP contribution in [-0.2, 0) is 14.3 Å². The zero-order valence-corrected chi connectivity index (χ0v) is 15.3. The number of hydrogen-bond acceptors (Lipinski definition) is 6. The van der Waals surface area contributed by atoms with Gasteiger partial charge in [-0.3, -0.25) is 0 Å². The fraction of sp³-hybridized carbons (Fsp3) is 0.450. The third kappa shape index (κ3) is 8.29. The van der Waals surface area contributed by atoms with Gasteiger partial charge in [0, 0.05) is 13.2 Å². The van der Waals surface area contributed by atoms with E-state index in [0.29, 0.717) is 25.2 Å². The lowest BCUT2D eigenvalue weighted by atomic mass is 10.0. The number of aliphatic hydroxyl groups is 2. The summed E-state index contributed by atoms with van der Waals surface area (Å²) in [5, 5.41) is 19.2. The lowest BCUT2D eigenvalue weighted by molar-refractivity contribution is -0.137. The second-order valence-electron chi connectivity index (χ2n) is 5.48. The van der Waals surface area contributed by atoms with Crippen LogP contribution in [-0.4, -0.2) is 49.2 Å². The van der Waals surface area contributed by atoms with Crippen molar-refractivity contribution in [2.75, 3.05) is 26.9 Å². The van der Waals surface area contributed by atoms with Gasteiger partial charge in [0.1, 0.15) is 18.5 Å². The highest BCUT2D eigenvalue weighted by atomic mass is 16.5. The minimum absolute atomic E-state index is 0.0430. The van der Waals surface area contributed by atoms with Crippen LogP contribution >= 0.6 is 0 Å². The monoisotopic (exact) mass is 364 g/mol. The molecule has 0 heterocycles. The van der Waals surface area contributed by atoms with Crippen molar-refractivity contribution in [3.05, 3.63) is 54.1 Å². The van der Waals surface area contributed by atoms with Crippen LogP contribution in [0.25, 0.3) is 0 Å². The maximum Gasteiger partial charge on any atom is 0.330 e. The van der Waals surface area contributed by atoms with Crippen molar-refractivity contribution in [3.63, 3.8) is 0 Å². The molecule has 2 atom stereocenters. The number of ether oxygens (including phenoxy) is 3. The summed E-state index contributed by atoms with van der Waals surface area (Å²) in [6, 6.07) is 7.06. The first-order valence-electron chi connectivity index (χ1n) is 8.66. The number of hydrogen-bond donors (Lipinski definition) is 2. The smallest absolute Gasteiger partial charge is 0.330 e. The van der Waals surface area contributed by atoms with Crippen LogP contribution in [0.15, 0.2) is 48.6 Å². The summed E-state index contributed by atoms with van der Waals surface area (Å²) in [7, 11) is 1.57. The Labute approximate surface area is 154 Å². The Hall–Kier alpha value is -2.15. The van der Waals surface area contributed by atoms with Crippen LogP contribution in [0.4, 0.5) is 0 Å². The molecule has 0 spiro atoms. The molecule has 6 heteroatoms.